The SMILES string of the molecule is CNC(=O)c1nnc(CC2=CSC=CC2)c2cc(-c3ccc(C)cc3)sc12.CNC(=O)c1nnc(CC2=CSCC=C2)c2cc(-c3ccc(C)cc3)sc12.Cc1ccc(-c2cc3c(CC4=CSC=CC4)nnc(C(=O)N(C)C)c3s2)cc1.Cc1ccc(-c2cc3c(CC4=CSCC=C4)nnc(C(=O)N(C)C)c3s2)cc1. The second kappa shape index (κ2) is 36.4. The quantitative estimate of drug-likeness (QED) is 0.0924. The predicted octanol–water partition coefficient (Wildman–Crippen LogP) is 20.4. The molecule has 24 heteroatoms. The van der Waals surface area contributed by atoms with Gasteiger partial charge in [0.15, 0.2) is 22.8 Å². The molecule has 4 aliphatic rings. The lowest BCUT2D eigenvalue weighted by atomic mass is 10.0. The molecule has 0 atom stereocenters. The van der Waals surface area contributed by atoms with Gasteiger partial charge in [0, 0.05) is 121 Å². The Morgan fingerprint density at radius 3 is 0.927 bits per heavy atom. The number of carbonyl (C=O) groups excluding carboxylic acids is 4. The molecule has 0 saturated heterocycles. The van der Waals surface area contributed by atoms with Crippen molar-refractivity contribution in [3.05, 3.63) is 280 Å². The van der Waals surface area contributed by atoms with E-state index >= 15 is 0 Å². The van der Waals surface area contributed by atoms with E-state index in [2.05, 4.69) is 269 Å². The zero-order valence-corrected chi connectivity index (χ0v) is 69.0. The number of allylic oxidation sites excluding steroid dienone is 8. The Bertz CT molecular complexity index is 5720. The molecule has 12 heterocycles. The van der Waals surface area contributed by atoms with Crippen molar-refractivity contribution in [3.8, 4) is 41.8 Å². The summed E-state index contributed by atoms with van der Waals surface area (Å²) in [6, 6.07) is 42.4. The molecule has 0 fully saturated rings. The van der Waals surface area contributed by atoms with E-state index in [1.165, 1.54) is 44.5 Å². The zero-order valence-electron chi connectivity index (χ0n) is 62.5. The van der Waals surface area contributed by atoms with Gasteiger partial charge in [0.1, 0.15) is 0 Å². The Morgan fingerprint density at radius 1 is 0.373 bits per heavy atom. The van der Waals surface area contributed by atoms with E-state index in [0.717, 1.165) is 142 Å². The predicted molar refractivity (Wildman–Crippen MR) is 466 cm³/mol. The highest BCUT2D eigenvalue weighted by Gasteiger charge is 2.26. The lowest BCUT2D eigenvalue weighted by Gasteiger charge is -2.12. The summed E-state index contributed by atoms with van der Waals surface area (Å²) in [6.45, 7) is 8.32. The number of aromatic nitrogens is 8. The van der Waals surface area contributed by atoms with Gasteiger partial charge in [-0.3, -0.25) is 19.2 Å². The molecular weight excluding hydrogens is 1520 g/mol. The number of rotatable bonds is 16. The summed E-state index contributed by atoms with van der Waals surface area (Å²) < 4.78 is 3.61. The van der Waals surface area contributed by atoms with Crippen LogP contribution in [0.1, 0.15) is 99.8 Å². The van der Waals surface area contributed by atoms with Crippen molar-refractivity contribution in [1.29, 1.82) is 0 Å². The molecule has 0 bridgehead atoms. The van der Waals surface area contributed by atoms with Crippen LogP contribution in [0.25, 0.3) is 82.1 Å². The molecule has 0 aliphatic carbocycles. The maximum atomic E-state index is 12.7. The first-order valence-corrected chi connectivity index (χ1v) is 42.8. The summed E-state index contributed by atoms with van der Waals surface area (Å²) in [4.78, 5) is 57.5. The second-order valence-corrected chi connectivity index (χ2v) is 34.5. The summed E-state index contributed by atoms with van der Waals surface area (Å²) in [5, 5.41) is 57.2. The molecule has 0 saturated carbocycles. The molecule has 16 rings (SSSR count). The van der Waals surface area contributed by atoms with Crippen LogP contribution in [0.3, 0.4) is 0 Å². The maximum absolute atomic E-state index is 12.7. The van der Waals surface area contributed by atoms with Crippen molar-refractivity contribution in [1.82, 2.24) is 61.2 Å². The molecule has 556 valence electrons. The van der Waals surface area contributed by atoms with Crippen LogP contribution in [0.5, 0.6) is 0 Å². The largest absolute Gasteiger partial charge is 0.354 e. The number of nitrogens with zero attached hydrogens (tertiary/aromatic N) is 10. The number of fused-ring (bicyclic) bond motifs is 4. The van der Waals surface area contributed by atoms with Crippen LogP contribution in [-0.2, 0) is 25.7 Å². The van der Waals surface area contributed by atoms with Crippen LogP contribution in [-0.4, -0.2) is 128 Å². The average Bonchev–Trinajstić information content (AvgIpc) is 1.63. The highest BCUT2D eigenvalue weighted by Crippen LogP contribution is 2.42. The summed E-state index contributed by atoms with van der Waals surface area (Å²) in [5.74, 6) is 1.38. The third kappa shape index (κ3) is 18.8. The highest BCUT2D eigenvalue weighted by molar-refractivity contribution is 8.05. The topological polar surface area (TPSA) is 202 Å². The van der Waals surface area contributed by atoms with Gasteiger partial charge < -0.3 is 20.4 Å². The molecule has 12 aromatic rings. The molecular formula is C86H80N12O4S8. The first kappa shape index (κ1) is 78.4. The fraction of sp³-hybridized carbons (Fsp3) is 0.209. The Balaban J connectivity index is 0.000000129. The molecule has 16 nitrogen and oxygen atoms in total. The Hall–Kier alpha value is -9.76. The first-order chi connectivity index (χ1) is 53.4. The third-order valence-electron chi connectivity index (χ3n) is 18.2. The van der Waals surface area contributed by atoms with E-state index in [4.69, 9.17) is 0 Å². The Kier molecular flexibility index (Phi) is 25.9. The lowest BCUT2D eigenvalue weighted by Crippen LogP contribution is -2.23. The smallest absolute Gasteiger partial charge is 0.275 e. The minimum atomic E-state index is -0.205. The number of benzene rings is 4. The molecule has 110 heavy (non-hydrogen) atoms. The fourth-order valence-corrected chi connectivity index (χ4v) is 19.5. The molecule has 0 radical (unpaired) electrons. The number of aryl methyl sites for hydroxylation is 4. The second-order valence-electron chi connectivity index (χ2n) is 27.0. The van der Waals surface area contributed by atoms with Gasteiger partial charge in [-0.25, -0.2) is 0 Å². The number of nitrogens with one attached hydrogen (secondary N) is 2. The van der Waals surface area contributed by atoms with Gasteiger partial charge in [0.05, 0.1) is 41.6 Å². The average molecular weight is 1600 g/mol. The number of hydrogen-bond acceptors (Lipinski definition) is 20. The number of amides is 4. The summed E-state index contributed by atoms with van der Waals surface area (Å²) >= 11 is 13.4. The van der Waals surface area contributed by atoms with E-state index in [9.17, 15) is 19.2 Å². The third-order valence-corrected chi connectivity index (χ3v) is 26.3. The number of hydrogen-bond donors (Lipinski definition) is 2. The van der Waals surface area contributed by atoms with Gasteiger partial charge in [0.25, 0.3) is 23.6 Å². The van der Waals surface area contributed by atoms with Crippen molar-refractivity contribution in [3.63, 3.8) is 0 Å². The van der Waals surface area contributed by atoms with Crippen LogP contribution in [0.15, 0.2) is 213 Å². The van der Waals surface area contributed by atoms with Crippen LogP contribution in [0.2, 0.25) is 0 Å². The van der Waals surface area contributed by atoms with Gasteiger partial charge in [0.2, 0.25) is 0 Å². The highest BCUT2D eigenvalue weighted by atomic mass is 32.2. The fourth-order valence-electron chi connectivity index (χ4n) is 12.2. The van der Waals surface area contributed by atoms with Crippen molar-refractivity contribution in [2.45, 2.75) is 66.2 Å². The van der Waals surface area contributed by atoms with Crippen molar-refractivity contribution in [2.24, 2.45) is 0 Å². The Morgan fingerprint density at radius 2 is 0.664 bits per heavy atom. The van der Waals surface area contributed by atoms with E-state index in [1.54, 1.807) is 144 Å². The molecule has 0 unspecified atom stereocenters. The van der Waals surface area contributed by atoms with Crippen LogP contribution >= 0.6 is 92.4 Å². The Labute approximate surface area is 673 Å². The monoisotopic (exact) mass is 1600 g/mol. The molecule has 4 amide bonds. The number of carbonyl (C=O) groups is 4. The summed E-state index contributed by atoms with van der Waals surface area (Å²) in [6.07, 6.45) is 17.7. The minimum Gasteiger partial charge on any atom is -0.354 e. The zero-order chi connectivity index (χ0) is 77.0. The molecule has 4 aromatic carbocycles. The first-order valence-electron chi connectivity index (χ1n) is 35.6. The lowest BCUT2D eigenvalue weighted by molar-refractivity contribution is 0.0816. The van der Waals surface area contributed by atoms with Crippen molar-refractivity contribution in [2.75, 3.05) is 53.8 Å². The van der Waals surface area contributed by atoms with Gasteiger partial charge in [-0.15, -0.1) is 113 Å². The summed E-state index contributed by atoms with van der Waals surface area (Å²) in [7, 11) is 10.2. The maximum Gasteiger partial charge on any atom is 0.275 e. The molecule has 4 aliphatic heterocycles. The normalized spacial score (nSPS) is 13.6. The van der Waals surface area contributed by atoms with E-state index in [0.29, 0.717) is 35.6 Å². The van der Waals surface area contributed by atoms with Gasteiger partial charge in [-0.05, 0) is 131 Å². The van der Waals surface area contributed by atoms with E-state index in [1.807, 2.05) is 0 Å². The number of thioether (sulfide) groups is 4. The standard InChI is InChI=1S/2C22H21N3OS2.2C21H19N3OS2/c2*1-14-6-8-16(9-7-14)19-12-17-18(11-15-5-4-10-27-13-15)23-24-20(21(17)28-19)22(26)25(2)3;2*1-13-5-7-15(8-6-13)18-11-16-17(10-14-4-3-9-26-12-14)23-24-19(20(16)27-18)21(25)22-2/h4,6-10,12-13H,5,11H2,1-3H3;4-9,12-13H,10-11H2,1-3H3;3,5-9,11-12H,4,10H2,1-2H3,(H,22,25);3-8,11-12H,9-10H2,1-2H3,(H,22,25). The van der Waals surface area contributed by atoms with E-state index in [-0.39, 0.29) is 23.6 Å². The number of thiophene rings is 4. The molecule has 2 N–H and O–H groups in total. The van der Waals surface area contributed by atoms with E-state index < -0.39 is 0 Å². The van der Waals surface area contributed by atoms with Crippen LogP contribution in [0, 0.1) is 27.7 Å². The molecule has 0 spiro atoms. The van der Waals surface area contributed by atoms with Crippen molar-refractivity contribution < 1.29 is 19.2 Å². The van der Waals surface area contributed by atoms with Gasteiger partial charge in [-0.1, -0.05) is 167 Å². The van der Waals surface area contributed by atoms with Gasteiger partial charge >= 0.3 is 0 Å². The van der Waals surface area contributed by atoms with Crippen LogP contribution in [0.4, 0.5) is 0 Å². The minimum absolute atomic E-state index is 0.114. The molecule has 8 aromatic heterocycles. The van der Waals surface area contributed by atoms with Gasteiger partial charge in [-0.2, -0.15) is 20.4 Å². The van der Waals surface area contributed by atoms with Crippen LogP contribution < -0.4 is 10.6 Å². The van der Waals surface area contributed by atoms with Crippen molar-refractivity contribution >= 4 is 156 Å². The summed E-state index contributed by atoms with van der Waals surface area (Å²) in [5.41, 5.74) is 19.9.